The van der Waals surface area contributed by atoms with Crippen molar-refractivity contribution in [2.75, 3.05) is 19.6 Å². The number of hydrogen-bond donors (Lipinski definition) is 1. The summed E-state index contributed by atoms with van der Waals surface area (Å²) in [5.41, 5.74) is 6.75. The van der Waals surface area contributed by atoms with E-state index in [0.29, 0.717) is 25.2 Å². The molecule has 1 aromatic carbocycles. The second-order valence-electron chi connectivity index (χ2n) is 5.92. The predicted octanol–water partition coefficient (Wildman–Crippen LogP) is 2.37. The van der Waals surface area contributed by atoms with Gasteiger partial charge in [-0.2, -0.15) is 5.26 Å². The van der Waals surface area contributed by atoms with E-state index in [4.69, 9.17) is 11.0 Å². The van der Waals surface area contributed by atoms with Crippen LogP contribution in [0.1, 0.15) is 24.0 Å². The van der Waals surface area contributed by atoms with Crippen molar-refractivity contribution in [1.29, 1.82) is 5.26 Å². The maximum Gasteiger partial charge on any atom is 0.234 e. The molecule has 1 fully saturated rings. The maximum atomic E-state index is 13.3. The van der Waals surface area contributed by atoms with Gasteiger partial charge in [0.15, 0.2) is 0 Å². The number of amides is 1. The molecule has 1 aliphatic carbocycles. The monoisotopic (exact) mass is 309 g/mol. The van der Waals surface area contributed by atoms with Crippen molar-refractivity contribution < 1.29 is 4.79 Å². The third-order valence-corrected chi connectivity index (χ3v) is 4.74. The molecule has 4 heteroatoms. The molecule has 1 aromatic rings. The highest BCUT2D eigenvalue weighted by atomic mass is 16.2. The largest absolute Gasteiger partial charge is 0.334 e. The summed E-state index contributed by atoms with van der Waals surface area (Å²) in [6.07, 6.45) is 5.12. The van der Waals surface area contributed by atoms with Crippen LogP contribution < -0.4 is 5.73 Å². The Labute approximate surface area is 137 Å². The topological polar surface area (TPSA) is 70.1 Å². The molecule has 4 nitrogen and oxygen atoms in total. The first-order chi connectivity index (χ1) is 11.1. The molecule has 1 saturated carbocycles. The Balaban J connectivity index is 2.47. The summed E-state index contributed by atoms with van der Waals surface area (Å²) in [7, 11) is 0. The van der Waals surface area contributed by atoms with E-state index < -0.39 is 5.41 Å². The van der Waals surface area contributed by atoms with Gasteiger partial charge in [0.1, 0.15) is 0 Å². The number of benzene rings is 1. The fourth-order valence-corrected chi connectivity index (χ4v) is 3.44. The first-order valence-electron chi connectivity index (χ1n) is 7.86. The van der Waals surface area contributed by atoms with Crippen molar-refractivity contribution in [3.63, 3.8) is 0 Å². The zero-order valence-corrected chi connectivity index (χ0v) is 13.4. The molecule has 0 radical (unpaired) electrons. The van der Waals surface area contributed by atoms with Crippen LogP contribution in [0.3, 0.4) is 0 Å². The van der Waals surface area contributed by atoms with Gasteiger partial charge in [-0.25, -0.2) is 0 Å². The van der Waals surface area contributed by atoms with Crippen LogP contribution in [-0.2, 0) is 10.2 Å². The van der Waals surface area contributed by atoms with Crippen LogP contribution in [0.5, 0.6) is 0 Å². The van der Waals surface area contributed by atoms with Gasteiger partial charge in [0.05, 0.1) is 17.0 Å². The molecule has 1 amide bonds. The number of hydrogen-bond acceptors (Lipinski definition) is 3. The van der Waals surface area contributed by atoms with E-state index >= 15 is 0 Å². The van der Waals surface area contributed by atoms with Crippen LogP contribution in [0.2, 0.25) is 0 Å². The standard InChI is InChI=1S/C19H23N3O/c1-3-10-22(11-4-2)18(23)19(9-8-17(19)14-21)16-7-5-6-15(12-16)13-20/h3-7,12,17H,1-2,8-11,14,21H2/t17-,19+/m0/s1. The quantitative estimate of drug-likeness (QED) is 0.786. The van der Waals surface area contributed by atoms with Gasteiger partial charge in [0, 0.05) is 13.1 Å². The summed E-state index contributed by atoms with van der Waals surface area (Å²) in [5.74, 6) is 0.148. The minimum atomic E-state index is -0.631. The summed E-state index contributed by atoms with van der Waals surface area (Å²) in [4.78, 5) is 15.0. The molecule has 0 aromatic heterocycles. The molecular formula is C19H23N3O. The molecule has 2 rings (SSSR count). The first kappa shape index (κ1) is 17.0. The van der Waals surface area contributed by atoms with Gasteiger partial charge < -0.3 is 10.6 Å². The van der Waals surface area contributed by atoms with Crippen LogP contribution >= 0.6 is 0 Å². The van der Waals surface area contributed by atoms with Crippen LogP contribution in [0.25, 0.3) is 0 Å². The van der Waals surface area contributed by atoms with Gasteiger partial charge in [-0.3, -0.25) is 4.79 Å². The third kappa shape index (κ3) is 2.93. The molecule has 0 spiro atoms. The van der Waals surface area contributed by atoms with E-state index in [-0.39, 0.29) is 11.8 Å². The van der Waals surface area contributed by atoms with Gasteiger partial charge in [-0.05, 0) is 43.0 Å². The van der Waals surface area contributed by atoms with Crippen molar-refractivity contribution in [1.82, 2.24) is 4.90 Å². The fraction of sp³-hybridized carbons (Fsp3) is 0.368. The second-order valence-corrected chi connectivity index (χ2v) is 5.92. The van der Waals surface area contributed by atoms with Crippen LogP contribution in [-0.4, -0.2) is 30.4 Å². The molecule has 0 heterocycles. The zero-order valence-electron chi connectivity index (χ0n) is 13.4. The molecule has 0 saturated heterocycles. The smallest absolute Gasteiger partial charge is 0.234 e. The predicted molar refractivity (Wildman–Crippen MR) is 91.6 cm³/mol. The van der Waals surface area contributed by atoms with Gasteiger partial charge in [0.25, 0.3) is 0 Å². The fourth-order valence-electron chi connectivity index (χ4n) is 3.44. The lowest BCUT2D eigenvalue weighted by Gasteiger charge is -2.50. The van der Waals surface area contributed by atoms with Crippen molar-refractivity contribution in [3.05, 3.63) is 60.7 Å². The first-order valence-corrected chi connectivity index (χ1v) is 7.86. The Morgan fingerprint density at radius 2 is 2.13 bits per heavy atom. The molecular weight excluding hydrogens is 286 g/mol. The van der Waals surface area contributed by atoms with Gasteiger partial charge in [0.2, 0.25) is 5.91 Å². The Kier molecular flexibility index (Phi) is 5.36. The highest BCUT2D eigenvalue weighted by Gasteiger charge is 2.54. The van der Waals surface area contributed by atoms with Crippen molar-refractivity contribution in [3.8, 4) is 6.07 Å². The van der Waals surface area contributed by atoms with E-state index in [2.05, 4.69) is 19.2 Å². The lowest BCUT2D eigenvalue weighted by atomic mass is 9.55. The zero-order chi connectivity index (χ0) is 16.9. The third-order valence-electron chi connectivity index (χ3n) is 4.74. The Bertz CT molecular complexity index is 634. The van der Waals surface area contributed by atoms with Crippen LogP contribution in [0.15, 0.2) is 49.6 Å². The molecule has 23 heavy (non-hydrogen) atoms. The average Bonchev–Trinajstić information content (AvgIpc) is 2.54. The van der Waals surface area contributed by atoms with E-state index in [1.807, 2.05) is 18.2 Å². The van der Waals surface area contributed by atoms with Crippen LogP contribution in [0, 0.1) is 17.2 Å². The van der Waals surface area contributed by atoms with E-state index in [9.17, 15) is 4.79 Å². The van der Waals surface area contributed by atoms with Gasteiger partial charge in [-0.1, -0.05) is 24.3 Å². The summed E-state index contributed by atoms with van der Waals surface area (Å²) in [6.45, 7) is 8.87. The maximum absolute atomic E-state index is 13.3. The van der Waals surface area contributed by atoms with E-state index in [0.717, 1.165) is 18.4 Å². The average molecular weight is 309 g/mol. The molecule has 2 atom stereocenters. The minimum absolute atomic E-state index is 0.0501. The number of nitrogens with zero attached hydrogens (tertiary/aromatic N) is 2. The Hall–Kier alpha value is -2.38. The summed E-state index contributed by atoms with van der Waals surface area (Å²) < 4.78 is 0. The van der Waals surface area contributed by atoms with Crippen molar-refractivity contribution >= 4 is 5.91 Å². The Morgan fingerprint density at radius 3 is 2.61 bits per heavy atom. The Morgan fingerprint density at radius 1 is 1.43 bits per heavy atom. The van der Waals surface area contributed by atoms with E-state index in [1.165, 1.54) is 0 Å². The number of nitrogens with two attached hydrogens (primary N) is 1. The summed E-state index contributed by atoms with van der Waals surface area (Å²) in [5, 5.41) is 9.16. The highest BCUT2D eigenvalue weighted by Crippen LogP contribution is 2.49. The molecule has 1 aliphatic rings. The number of carbonyl (C=O) groups excluding carboxylic acids is 1. The lowest BCUT2D eigenvalue weighted by molar-refractivity contribution is -0.143. The number of carbonyl (C=O) groups is 1. The lowest BCUT2D eigenvalue weighted by Crippen LogP contribution is -2.58. The highest BCUT2D eigenvalue weighted by molar-refractivity contribution is 5.90. The number of rotatable bonds is 7. The summed E-state index contributed by atoms with van der Waals surface area (Å²) in [6, 6.07) is 9.49. The van der Waals surface area contributed by atoms with Crippen molar-refractivity contribution in [2.45, 2.75) is 18.3 Å². The molecule has 2 N–H and O–H groups in total. The molecule has 0 aliphatic heterocycles. The van der Waals surface area contributed by atoms with Gasteiger partial charge >= 0.3 is 0 Å². The number of nitriles is 1. The molecule has 0 bridgehead atoms. The van der Waals surface area contributed by atoms with Crippen molar-refractivity contribution in [2.24, 2.45) is 11.7 Å². The molecule has 0 unspecified atom stereocenters. The van der Waals surface area contributed by atoms with E-state index in [1.54, 1.807) is 23.1 Å². The minimum Gasteiger partial charge on any atom is -0.334 e. The normalized spacial score (nSPS) is 22.5. The summed E-state index contributed by atoms with van der Waals surface area (Å²) >= 11 is 0. The SMILES string of the molecule is C=CCN(CC=C)C(=O)[C@@]1(c2cccc(C#N)c2)CC[C@H]1CN. The van der Waals surface area contributed by atoms with Gasteiger partial charge in [-0.15, -0.1) is 13.2 Å². The second kappa shape index (κ2) is 7.26. The molecule has 120 valence electrons. The van der Waals surface area contributed by atoms with Crippen LogP contribution in [0.4, 0.5) is 0 Å².